The van der Waals surface area contributed by atoms with Gasteiger partial charge < -0.3 is 19.4 Å². The summed E-state index contributed by atoms with van der Waals surface area (Å²) in [6.45, 7) is 6.80. The first-order valence-electron chi connectivity index (χ1n) is 17.4. The molecule has 1 amide bonds. The van der Waals surface area contributed by atoms with Crippen LogP contribution >= 0.6 is 0 Å². The highest BCUT2D eigenvalue weighted by atomic mass is 28.4. The molecule has 7 rings (SSSR count). The van der Waals surface area contributed by atoms with E-state index in [9.17, 15) is 14.7 Å². The molecular formula is C40H44N4O5Si. The number of carbonyl (C=O) groups excluding carboxylic acids is 1. The van der Waals surface area contributed by atoms with Gasteiger partial charge in [-0.25, -0.2) is 0 Å². The molecule has 4 aromatic carbocycles. The Morgan fingerprint density at radius 1 is 0.860 bits per heavy atom. The number of hydrogen-bond donors (Lipinski definition) is 2. The smallest absolute Gasteiger partial charge is 0.266 e. The Kier molecular flexibility index (Phi) is 9.70. The lowest BCUT2D eigenvalue weighted by Gasteiger charge is -2.30. The van der Waals surface area contributed by atoms with Crippen LogP contribution in [0.15, 0.2) is 109 Å². The van der Waals surface area contributed by atoms with E-state index >= 15 is 0 Å². The number of fused-ring (bicyclic) bond motifs is 2. The summed E-state index contributed by atoms with van der Waals surface area (Å²) >= 11 is 0. The number of aromatic nitrogens is 3. The van der Waals surface area contributed by atoms with E-state index in [2.05, 4.69) is 29.4 Å². The van der Waals surface area contributed by atoms with Gasteiger partial charge in [-0.15, -0.1) is 5.10 Å². The fourth-order valence-electron chi connectivity index (χ4n) is 7.76. The molecule has 2 aliphatic heterocycles. The summed E-state index contributed by atoms with van der Waals surface area (Å²) in [5.74, 6) is 1.03. The van der Waals surface area contributed by atoms with Gasteiger partial charge in [0.2, 0.25) is 0 Å². The van der Waals surface area contributed by atoms with Gasteiger partial charge in [-0.1, -0.05) is 78.9 Å². The third-order valence-corrected chi connectivity index (χ3v) is 12.7. The van der Waals surface area contributed by atoms with Crippen LogP contribution in [-0.4, -0.2) is 57.9 Å². The molecule has 5 aromatic rings. The van der Waals surface area contributed by atoms with Crippen molar-refractivity contribution in [1.82, 2.24) is 15.0 Å². The zero-order valence-electron chi connectivity index (χ0n) is 28.7. The Bertz CT molecular complexity index is 1930. The van der Waals surface area contributed by atoms with Crippen molar-refractivity contribution in [3.8, 4) is 11.5 Å². The Morgan fingerprint density at radius 3 is 2.30 bits per heavy atom. The molecule has 2 aliphatic rings. The lowest BCUT2D eigenvalue weighted by Crippen LogP contribution is -2.40. The number of anilines is 2. The van der Waals surface area contributed by atoms with E-state index in [0.29, 0.717) is 35.7 Å². The average molecular weight is 689 g/mol. The topological polar surface area (TPSA) is 110 Å². The van der Waals surface area contributed by atoms with Gasteiger partial charge in [0.15, 0.2) is 14.1 Å². The highest BCUT2D eigenvalue weighted by molar-refractivity contribution is 6.71. The van der Waals surface area contributed by atoms with Crippen molar-refractivity contribution < 1.29 is 24.2 Å². The zero-order chi connectivity index (χ0) is 34.8. The molecule has 0 bridgehead atoms. The average Bonchev–Trinajstić information content (AvgIpc) is 3.69. The predicted octanol–water partition coefficient (Wildman–Crippen LogP) is 7.48. The monoisotopic (exact) mass is 688 g/mol. The summed E-state index contributed by atoms with van der Waals surface area (Å²) < 4.78 is 14.7. The number of hydrogen-bond acceptors (Lipinski definition) is 7. The van der Waals surface area contributed by atoms with Crippen LogP contribution in [0.3, 0.4) is 0 Å². The molecule has 2 N–H and O–H groups in total. The molecule has 1 fully saturated rings. The van der Waals surface area contributed by atoms with Crippen molar-refractivity contribution in [3.63, 3.8) is 0 Å². The van der Waals surface area contributed by atoms with Crippen molar-refractivity contribution in [2.75, 3.05) is 11.5 Å². The van der Waals surface area contributed by atoms with Gasteiger partial charge in [0.25, 0.3) is 5.91 Å². The molecule has 5 atom stereocenters. The second kappa shape index (κ2) is 14.3. The van der Waals surface area contributed by atoms with Gasteiger partial charge in [-0.3, -0.25) is 14.4 Å². The van der Waals surface area contributed by atoms with Gasteiger partial charge in [0, 0.05) is 24.0 Å². The minimum atomic E-state index is -2.54. The molecule has 3 heterocycles. The summed E-state index contributed by atoms with van der Waals surface area (Å²) in [6.07, 6.45) is 4.19. The molecule has 50 heavy (non-hydrogen) atoms. The molecule has 1 aromatic heterocycles. The number of aliphatic hydroxyl groups excluding tert-OH is 1. The number of amides is 1. The highest BCUT2D eigenvalue weighted by Crippen LogP contribution is 2.46. The summed E-state index contributed by atoms with van der Waals surface area (Å²) in [5, 5.41) is 18.8. The molecule has 1 unspecified atom stereocenters. The zero-order valence-corrected chi connectivity index (χ0v) is 29.7. The minimum absolute atomic E-state index is 0.0134. The van der Waals surface area contributed by atoms with Crippen LogP contribution in [0.1, 0.15) is 52.9 Å². The minimum Gasteiger partial charge on any atom is -0.454 e. The van der Waals surface area contributed by atoms with Gasteiger partial charge in [-0.05, 0) is 85.8 Å². The number of benzene rings is 4. The van der Waals surface area contributed by atoms with E-state index in [1.807, 2.05) is 109 Å². The Hall–Kier alpha value is -4.61. The molecule has 0 aliphatic carbocycles. The van der Waals surface area contributed by atoms with Crippen LogP contribution in [0, 0.1) is 5.92 Å². The Morgan fingerprint density at radius 2 is 1.56 bits per heavy atom. The predicted molar refractivity (Wildman–Crippen MR) is 195 cm³/mol. The quantitative estimate of drug-likeness (QED) is 0.139. The van der Waals surface area contributed by atoms with Crippen LogP contribution < -0.4 is 9.64 Å². The highest BCUT2D eigenvalue weighted by Gasteiger charge is 2.49. The van der Waals surface area contributed by atoms with E-state index in [1.165, 1.54) is 0 Å². The first kappa shape index (κ1) is 33.9. The molecule has 1 saturated heterocycles. The van der Waals surface area contributed by atoms with Crippen LogP contribution in [0.2, 0.25) is 18.6 Å². The van der Waals surface area contributed by atoms with Crippen molar-refractivity contribution >= 4 is 25.6 Å². The number of aliphatic hydroxyl groups is 1. The second-order valence-corrected chi connectivity index (χ2v) is 18.0. The molecular weight excluding hydrogens is 645 g/mol. The summed E-state index contributed by atoms with van der Waals surface area (Å²) in [7, 11) is -2.54. The van der Waals surface area contributed by atoms with Crippen LogP contribution in [-0.2, 0) is 17.7 Å². The van der Waals surface area contributed by atoms with E-state index in [0.717, 1.165) is 35.3 Å². The maximum absolute atomic E-state index is 13.8. The third kappa shape index (κ3) is 6.89. The van der Waals surface area contributed by atoms with Crippen LogP contribution in [0.4, 0.5) is 11.4 Å². The molecule has 0 radical (unpaired) electrons. The van der Waals surface area contributed by atoms with Gasteiger partial charge in [0.05, 0.1) is 41.7 Å². The summed E-state index contributed by atoms with van der Waals surface area (Å²) in [4.78, 5) is 26.9. The third-order valence-electron chi connectivity index (χ3n) is 10.2. The Balaban J connectivity index is 1.02. The number of para-hydroxylation sites is 3. The first-order chi connectivity index (χ1) is 24.2. The molecule has 0 spiro atoms. The number of aryl methyl sites for hydroxylation is 2. The van der Waals surface area contributed by atoms with E-state index in [1.54, 1.807) is 11.0 Å². The van der Waals surface area contributed by atoms with Crippen molar-refractivity contribution in [2.45, 2.75) is 69.5 Å². The molecule has 9 nitrogen and oxygen atoms in total. The lowest BCUT2D eigenvalue weighted by molar-refractivity contribution is 0.0245. The van der Waals surface area contributed by atoms with E-state index in [-0.39, 0.29) is 42.1 Å². The van der Waals surface area contributed by atoms with Crippen molar-refractivity contribution in [2.24, 2.45) is 5.92 Å². The maximum Gasteiger partial charge on any atom is 0.266 e. The molecule has 10 heteroatoms. The van der Waals surface area contributed by atoms with Crippen LogP contribution in [0.25, 0.3) is 0 Å². The van der Waals surface area contributed by atoms with Gasteiger partial charge in [-0.2, -0.15) is 0 Å². The largest absolute Gasteiger partial charge is 0.454 e. The standard InChI is InChI=1S/C40H44N4O5Si/c1-27-35(48-38(39(27)50(2,3)47)23-24-43-25-33(41-42-43)32(26-45)29-11-5-4-6-12-29)22-19-28-17-20-30(21-18-28)44-34-14-8-10-16-37(34)49-36-15-9-7-13-31(36)40(44)46/h4-18,20-21,25,27,32,35,38-39,45,47H,19,22-24,26H2,1-3H3/t27-,32?,35+,38-,39+/m0/s1. The fraction of sp³-hybridized carbons (Fsp3) is 0.325. The normalized spacial score (nSPS) is 20.9. The fourth-order valence-corrected chi connectivity index (χ4v) is 10.4. The number of rotatable bonds is 11. The second-order valence-electron chi connectivity index (χ2n) is 14.0. The summed E-state index contributed by atoms with van der Waals surface area (Å²) in [6, 6.07) is 33.0. The molecule has 0 saturated carbocycles. The molecule has 258 valence electrons. The van der Waals surface area contributed by atoms with E-state index in [4.69, 9.17) is 9.47 Å². The maximum atomic E-state index is 13.8. The van der Waals surface area contributed by atoms with Gasteiger partial charge >= 0.3 is 0 Å². The number of carbonyl (C=O) groups is 1. The first-order valence-corrected chi connectivity index (χ1v) is 20.5. The number of nitrogens with zero attached hydrogens (tertiary/aromatic N) is 4. The van der Waals surface area contributed by atoms with Crippen molar-refractivity contribution in [3.05, 3.63) is 132 Å². The van der Waals surface area contributed by atoms with Crippen molar-refractivity contribution in [1.29, 1.82) is 0 Å². The summed E-state index contributed by atoms with van der Waals surface area (Å²) in [5.41, 5.74) is 4.98. The lowest BCUT2D eigenvalue weighted by atomic mass is 9.95. The number of ether oxygens (including phenoxy) is 2. The van der Waals surface area contributed by atoms with Gasteiger partial charge in [0.1, 0.15) is 5.75 Å². The SMILES string of the molecule is C[C@@H]1[C@@H]([Si](C)(C)O)[C@H](CCn2cc(C(CO)c3ccccc3)nn2)O[C@@H]1CCc1ccc(N2C(=O)c3ccccc3Oc3ccccc32)cc1. The Labute approximate surface area is 294 Å². The van der Waals surface area contributed by atoms with E-state index < -0.39 is 8.32 Å². The van der Waals surface area contributed by atoms with Crippen LogP contribution in [0.5, 0.6) is 11.5 Å².